The van der Waals surface area contributed by atoms with E-state index >= 15 is 0 Å². The van der Waals surface area contributed by atoms with Crippen molar-refractivity contribution in [2.45, 2.75) is 13.1 Å². The Morgan fingerprint density at radius 2 is 0.863 bits per heavy atom. The Morgan fingerprint density at radius 3 is 1.55 bits per heavy atom. The minimum Gasteiger partial charge on any atom is -0.237 e. The minimum atomic E-state index is -2.05. The molecule has 6 aromatic carbocycles. The lowest BCUT2D eigenvalue weighted by atomic mass is 9.98. The van der Waals surface area contributed by atoms with E-state index < -0.39 is 8.07 Å². The average molecular weight is 671 g/mol. The third kappa shape index (κ3) is 5.58. The zero-order chi connectivity index (χ0) is 34.4. The third-order valence-corrected chi connectivity index (χ3v) is 13.2. The maximum absolute atomic E-state index is 5.39. The van der Waals surface area contributed by atoms with Gasteiger partial charge in [-0.25, -0.2) is 19.9 Å². The summed E-state index contributed by atoms with van der Waals surface area (Å²) in [7, 11) is -2.05. The Balaban J connectivity index is 1.15. The van der Waals surface area contributed by atoms with Gasteiger partial charge in [0.25, 0.3) is 0 Å². The lowest BCUT2D eigenvalue weighted by molar-refractivity contribution is 1.18. The summed E-state index contributed by atoms with van der Waals surface area (Å²) in [5.41, 5.74) is 12.6. The van der Waals surface area contributed by atoms with Crippen LogP contribution in [-0.4, -0.2) is 28.0 Å². The first kappa shape index (κ1) is 30.7. The molecule has 0 fully saturated rings. The van der Waals surface area contributed by atoms with Crippen LogP contribution in [-0.2, 0) is 0 Å². The maximum Gasteiger partial charge on any atom is 0.160 e. The molecule has 1 aliphatic heterocycles. The van der Waals surface area contributed by atoms with Crippen LogP contribution in [0.2, 0.25) is 13.1 Å². The van der Waals surface area contributed by atoms with Crippen LogP contribution in [0.25, 0.3) is 78.8 Å². The number of hydrogen-bond donors (Lipinski definition) is 0. The van der Waals surface area contributed by atoms with E-state index in [1.54, 1.807) is 0 Å². The van der Waals surface area contributed by atoms with Gasteiger partial charge in [-0.1, -0.05) is 165 Å². The molecule has 0 spiro atoms. The van der Waals surface area contributed by atoms with E-state index in [0.717, 1.165) is 61.9 Å². The third-order valence-electron chi connectivity index (χ3n) is 9.86. The summed E-state index contributed by atoms with van der Waals surface area (Å²) in [4.78, 5) is 20.8. The molecular formula is C46H34N4Si. The van der Waals surface area contributed by atoms with E-state index in [0.29, 0.717) is 5.82 Å². The molecule has 5 heteroatoms. The Kier molecular flexibility index (Phi) is 7.56. The van der Waals surface area contributed by atoms with Crippen LogP contribution in [0.15, 0.2) is 170 Å². The monoisotopic (exact) mass is 670 g/mol. The second kappa shape index (κ2) is 12.5. The Morgan fingerprint density at radius 1 is 0.373 bits per heavy atom. The molecule has 0 radical (unpaired) electrons. The molecule has 0 N–H and O–H groups in total. The topological polar surface area (TPSA) is 51.6 Å². The van der Waals surface area contributed by atoms with E-state index in [1.807, 2.05) is 36.4 Å². The highest BCUT2D eigenvalue weighted by atomic mass is 28.3. The summed E-state index contributed by atoms with van der Waals surface area (Å²) in [5.74, 6) is 1.46. The summed E-state index contributed by atoms with van der Waals surface area (Å²) in [6.45, 7) is 4.81. The molecule has 0 atom stereocenters. The van der Waals surface area contributed by atoms with E-state index in [4.69, 9.17) is 19.9 Å². The van der Waals surface area contributed by atoms with E-state index in [-0.39, 0.29) is 0 Å². The second-order valence-electron chi connectivity index (χ2n) is 13.5. The first-order valence-electron chi connectivity index (χ1n) is 17.3. The Bertz CT molecular complexity index is 2490. The van der Waals surface area contributed by atoms with Gasteiger partial charge in [0.15, 0.2) is 11.6 Å². The number of nitrogens with zero attached hydrogens (tertiary/aromatic N) is 4. The van der Waals surface area contributed by atoms with Crippen LogP contribution in [0.5, 0.6) is 0 Å². The summed E-state index contributed by atoms with van der Waals surface area (Å²) in [5, 5.41) is 2.62. The molecule has 3 heterocycles. The first-order chi connectivity index (χ1) is 25.0. The summed E-state index contributed by atoms with van der Waals surface area (Å²) < 4.78 is 0. The van der Waals surface area contributed by atoms with Gasteiger partial charge in [-0.15, -0.1) is 0 Å². The van der Waals surface area contributed by atoms with Crippen molar-refractivity contribution in [3.05, 3.63) is 170 Å². The second-order valence-corrected chi connectivity index (χ2v) is 17.8. The standard InChI is InChI=1S/C46H34N4Si/c1-51(2)41-27-13-12-26-38(41)42-43(32-18-8-4-9-19-32)49-45(50-46(42)51)37-25-15-23-35(29-37)34-22-14-24-36(28-34)40-30-39(31-16-6-3-7-17-31)47-44(48-40)33-20-10-5-11-21-33/h3-30H,1-2H3. The molecular weight excluding hydrogens is 637 g/mol. The SMILES string of the molecule is C[Si]1(C)c2ccccc2-c2c(-c3ccccc3)nc(-c3cccc(-c4cccc(-c5cc(-c6ccccc6)nc(-c6ccccc6)n5)c4)c3)nc21. The van der Waals surface area contributed by atoms with Gasteiger partial charge >= 0.3 is 0 Å². The number of rotatable bonds is 6. The lowest BCUT2D eigenvalue weighted by Crippen LogP contribution is -2.50. The molecule has 0 unspecified atom stereocenters. The van der Waals surface area contributed by atoms with Crippen molar-refractivity contribution in [2.24, 2.45) is 0 Å². The molecule has 4 nitrogen and oxygen atoms in total. The number of aromatic nitrogens is 4. The van der Waals surface area contributed by atoms with Crippen LogP contribution in [0, 0.1) is 0 Å². The van der Waals surface area contributed by atoms with E-state index in [1.165, 1.54) is 21.6 Å². The van der Waals surface area contributed by atoms with Crippen LogP contribution >= 0.6 is 0 Å². The van der Waals surface area contributed by atoms with Crippen LogP contribution in [0.3, 0.4) is 0 Å². The van der Waals surface area contributed by atoms with Crippen LogP contribution in [0.1, 0.15) is 0 Å². The molecule has 2 aromatic heterocycles. The highest BCUT2D eigenvalue weighted by Gasteiger charge is 2.41. The van der Waals surface area contributed by atoms with E-state index in [2.05, 4.69) is 147 Å². The van der Waals surface area contributed by atoms with Gasteiger partial charge in [-0.05, 0) is 40.1 Å². The fraction of sp³-hybridized carbons (Fsp3) is 0.0435. The van der Waals surface area contributed by atoms with Crippen molar-refractivity contribution in [3.8, 4) is 78.8 Å². The van der Waals surface area contributed by atoms with Gasteiger partial charge in [-0.3, -0.25) is 0 Å². The molecule has 0 bridgehead atoms. The predicted molar refractivity (Wildman–Crippen MR) is 212 cm³/mol. The normalized spacial score (nSPS) is 12.7. The van der Waals surface area contributed by atoms with Gasteiger partial charge in [-0.2, -0.15) is 0 Å². The number of fused-ring (bicyclic) bond motifs is 3. The fourth-order valence-corrected chi connectivity index (χ4v) is 10.2. The molecule has 1 aliphatic rings. The van der Waals surface area contributed by atoms with Crippen LogP contribution < -0.4 is 10.5 Å². The Hall–Kier alpha value is -6.30. The number of hydrogen-bond acceptors (Lipinski definition) is 4. The minimum absolute atomic E-state index is 0.705. The van der Waals surface area contributed by atoms with Crippen LogP contribution in [0.4, 0.5) is 0 Å². The predicted octanol–water partition coefficient (Wildman–Crippen LogP) is 10.1. The van der Waals surface area contributed by atoms with Gasteiger partial charge < -0.3 is 0 Å². The van der Waals surface area contributed by atoms with Gasteiger partial charge in [0.2, 0.25) is 0 Å². The van der Waals surface area contributed by atoms with Crippen molar-refractivity contribution in [1.82, 2.24) is 19.9 Å². The van der Waals surface area contributed by atoms with Crippen molar-refractivity contribution in [1.29, 1.82) is 0 Å². The van der Waals surface area contributed by atoms with Gasteiger partial charge in [0.05, 0.1) is 17.1 Å². The molecule has 9 rings (SSSR count). The molecule has 51 heavy (non-hydrogen) atoms. The summed E-state index contributed by atoms with van der Waals surface area (Å²) >= 11 is 0. The van der Waals surface area contributed by atoms with Gasteiger partial charge in [0.1, 0.15) is 8.07 Å². The maximum atomic E-state index is 5.39. The summed E-state index contributed by atoms with van der Waals surface area (Å²) in [6.07, 6.45) is 0. The molecule has 0 amide bonds. The fourth-order valence-electron chi connectivity index (χ4n) is 7.24. The van der Waals surface area contributed by atoms with Gasteiger partial charge in [0, 0.05) is 38.7 Å². The van der Waals surface area contributed by atoms with Crippen molar-refractivity contribution >= 4 is 18.6 Å². The van der Waals surface area contributed by atoms with Crippen molar-refractivity contribution in [3.63, 3.8) is 0 Å². The largest absolute Gasteiger partial charge is 0.237 e. The molecule has 8 aromatic rings. The Labute approximate surface area is 299 Å². The molecule has 0 saturated carbocycles. The number of benzene rings is 6. The highest BCUT2D eigenvalue weighted by Crippen LogP contribution is 2.37. The summed E-state index contributed by atoms with van der Waals surface area (Å²) in [6, 6.07) is 59.1. The zero-order valence-corrected chi connectivity index (χ0v) is 29.5. The molecule has 0 saturated heterocycles. The lowest BCUT2D eigenvalue weighted by Gasteiger charge is -2.19. The van der Waals surface area contributed by atoms with Crippen molar-refractivity contribution in [2.75, 3.05) is 0 Å². The zero-order valence-electron chi connectivity index (χ0n) is 28.5. The molecule has 0 aliphatic carbocycles. The van der Waals surface area contributed by atoms with Crippen molar-refractivity contribution < 1.29 is 0 Å². The smallest absolute Gasteiger partial charge is 0.160 e. The quantitative estimate of drug-likeness (QED) is 0.165. The average Bonchev–Trinajstić information content (AvgIpc) is 3.44. The highest BCUT2D eigenvalue weighted by molar-refractivity contribution is 7.03. The van der Waals surface area contributed by atoms with E-state index in [9.17, 15) is 0 Å². The first-order valence-corrected chi connectivity index (χ1v) is 20.3. The molecule has 242 valence electrons.